The molecule has 0 bridgehead atoms. The fraction of sp³-hybridized carbons (Fsp3) is 0.368. The van der Waals surface area contributed by atoms with Gasteiger partial charge in [-0.2, -0.15) is 0 Å². The van der Waals surface area contributed by atoms with Gasteiger partial charge in [0.25, 0.3) is 0 Å². The Labute approximate surface area is 128 Å². The van der Waals surface area contributed by atoms with Crippen molar-refractivity contribution in [2.24, 2.45) is 0 Å². The number of hydrogen-bond donors (Lipinski definition) is 1. The molecule has 0 amide bonds. The molecule has 0 aliphatic heterocycles. The average molecular weight is 283 g/mol. The molecular formula is C19H25NO. The fourth-order valence-electron chi connectivity index (χ4n) is 2.45. The van der Waals surface area contributed by atoms with Gasteiger partial charge in [0.2, 0.25) is 0 Å². The van der Waals surface area contributed by atoms with Crippen LogP contribution >= 0.6 is 0 Å². The standard InChI is InChI=1S/C19H25NO/c1-14(2)20(12-17-8-6-5-7-9-17)13-18-10-15(3)16(4)11-19(18)21/h5-11,14,21H,12-13H2,1-4H3. The zero-order valence-corrected chi connectivity index (χ0v) is 13.4. The van der Waals surface area contributed by atoms with Gasteiger partial charge >= 0.3 is 0 Å². The van der Waals surface area contributed by atoms with Gasteiger partial charge in [-0.05, 0) is 50.5 Å². The molecular weight excluding hydrogens is 258 g/mol. The molecule has 0 saturated heterocycles. The van der Waals surface area contributed by atoms with E-state index in [1.165, 1.54) is 11.1 Å². The van der Waals surface area contributed by atoms with Gasteiger partial charge < -0.3 is 5.11 Å². The number of phenols is 1. The van der Waals surface area contributed by atoms with Gasteiger partial charge in [-0.25, -0.2) is 0 Å². The lowest BCUT2D eigenvalue weighted by Crippen LogP contribution is -2.29. The number of phenolic OH excluding ortho intramolecular Hbond substituents is 1. The highest BCUT2D eigenvalue weighted by Crippen LogP contribution is 2.24. The first-order valence-electron chi connectivity index (χ1n) is 7.54. The minimum atomic E-state index is 0.400. The first-order valence-corrected chi connectivity index (χ1v) is 7.54. The van der Waals surface area contributed by atoms with E-state index in [-0.39, 0.29) is 0 Å². The molecule has 0 aliphatic rings. The van der Waals surface area contributed by atoms with E-state index in [0.717, 1.165) is 24.2 Å². The Kier molecular flexibility index (Phi) is 5.03. The number of nitrogens with zero attached hydrogens (tertiary/aromatic N) is 1. The van der Waals surface area contributed by atoms with E-state index in [0.29, 0.717) is 11.8 Å². The SMILES string of the molecule is Cc1cc(O)c(CN(Cc2ccccc2)C(C)C)cc1C. The molecule has 112 valence electrons. The van der Waals surface area contributed by atoms with Gasteiger partial charge in [0.05, 0.1) is 0 Å². The molecule has 2 rings (SSSR count). The molecule has 0 atom stereocenters. The van der Waals surface area contributed by atoms with E-state index in [2.05, 4.69) is 56.0 Å². The zero-order chi connectivity index (χ0) is 15.4. The van der Waals surface area contributed by atoms with Crippen LogP contribution < -0.4 is 0 Å². The molecule has 0 unspecified atom stereocenters. The fourth-order valence-corrected chi connectivity index (χ4v) is 2.45. The molecule has 0 aromatic heterocycles. The Hall–Kier alpha value is -1.80. The third kappa shape index (κ3) is 4.08. The first kappa shape index (κ1) is 15.6. The van der Waals surface area contributed by atoms with Gasteiger partial charge in [0.1, 0.15) is 5.75 Å². The van der Waals surface area contributed by atoms with Crippen molar-refractivity contribution in [1.29, 1.82) is 0 Å². The largest absolute Gasteiger partial charge is 0.508 e. The summed E-state index contributed by atoms with van der Waals surface area (Å²) in [7, 11) is 0. The van der Waals surface area contributed by atoms with E-state index in [9.17, 15) is 5.11 Å². The summed E-state index contributed by atoms with van der Waals surface area (Å²) in [6.07, 6.45) is 0. The van der Waals surface area contributed by atoms with Crippen LogP contribution in [0.3, 0.4) is 0 Å². The maximum atomic E-state index is 10.2. The number of benzene rings is 2. The van der Waals surface area contributed by atoms with Crippen LogP contribution in [0.25, 0.3) is 0 Å². The Morgan fingerprint density at radius 2 is 1.57 bits per heavy atom. The molecule has 0 fully saturated rings. The van der Waals surface area contributed by atoms with E-state index < -0.39 is 0 Å². The van der Waals surface area contributed by atoms with E-state index in [1.807, 2.05) is 19.1 Å². The van der Waals surface area contributed by atoms with Crippen molar-refractivity contribution >= 4 is 0 Å². The second-order valence-corrected chi connectivity index (χ2v) is 6.05. The summed E-state index contributed by atoms with van der Waals surface area (Å²) in [5.41, 5.74) is 4.67. The maximum Gasteiger partial charge on any atom is 0.120 e. The second kappa shape index (κ2) is 6.77. The molecule has 2 nitrogen and oxygen atoms in total. The molecule has 0 heterocycles. The lowest BCUT2D eigenvalue weighted by molar-refractivity contribution is 0.201. The van der Waals surface area contributed by atoms with Crippen LogP contribution in [0.2, 0.25) is 0 Å². The summed E-state index contributed by atoms with van der Waals surface area (Å²) in [6.45, 7) is 10.2. The summed E-state index contributed by atoms with van der Waals surface area (Å²) in [5, 5.41) is 10.2. The lowest BCUT2D eigenvalue weighted by atomic mass is 10.0. The molecule has 1 N–H and O–H groups in total. The normalized spacial score (nSPS) is 11.3. The molecule has 0 spiro atoms. The topological polar surface area (TPSA) is 23.5 Å². The minimum absolute atomic E-state index is 0.400. The summed E-state index contributed by atoms with van der Waals surface area (Å²) in [4.78, 5) is 2.37. The Balaban J connectivity index is 2.19. The van der Waals surface area contributed by atoms with Crippen molar-refractivity contribution < 1.29 is 5.11 Å². The summed E-state index contributed by atoms with van der Waals surface area (Å²) in [6, 6.07) is 14.9. The first-order chi connectivity index (χ1) is 9.97. The van der Waals surface area contributed by atoms with Gasteiger partial charge in [-0.1, -0.05) is 36.4 Å². The van der Waals surface area contributed by atoms with Gasteiger partial charge in [-0.15, -0.1) is 0 Å². The number of hydrogen-bond acceptors (Lipinski definition) is 2. The highest BCUT2D eigenvalue weighted by molar-refractivity contribution is 5.40. The molecule has 21 heavy (non-hydrogen) atoms. The Morgan fingerprint density at radius 3 is 2.19 bits per heavy atom. The van der Waals surface area contributed by atoms with Crippen LogP contribution in [-0.4, -0.2) is 16.0 Å². The van der Waals surface area contributed by atoms with E-state index in [1.54, 1.807) is 0 Å². The molecule has 2 aromatic rings. The minimum Gasteiger partial charge on any atom is -0.508 e. The van der Waals surface area contributed by atoms with Crippen molar-refractivity contribution in [2.75, 3.05) is 0 Å². The van der Waals surface area contributed by atoms with Crippen LogP contribution in [0.1, 0.15) is 36.1 Å². The van der Waals surface area contributed by atoms with E-state index in [4.69, 9.17) is 0 Å². The predicted molar refractivity (Wildman–Crippen MR) is 88.4 cm³/mol. The molecule has 0 aliphatic carbocycles. The molecule has 2 aromatic carbocycles. The van der Waals surface area contributed by atoms with Crippen molar-refractivity contribution in [3.8, 4) is 5.75 Å². The Morgan fingerprint density at radius 1 is 0.952 bits per heavy atom. The van der Waals surface area contributed by atoms with Crippen LogP contribution in [0.4, 0.5) is 0 Å². The van der Waals surface area contributed by atoms with Crippen molar-refractivity contribution in [1.82, 2.24) is 4.90 Å². The zero-order valence-electron chi connectivity index (χ0n) is 13.4. The van der Waals surface area contributed by atoms with Crippen LogP contribution in [0.5, 0.6) is 5.75 Å². The maximum absolute atomic E-state index is 10.2. The van der Waals surface area contributed by atoms with Crippen molar-refractivity contribution in [3.05, 3.63) is 64.7 Å². The van der Waals surface area contributed by atoms with Crippen molar-refractivity contribution in [3.63, 3.8) is 0 Å². The summed E-state index contributed by atoms with van der Waals surface area (Å²) in [5.74, 6) is 0.400. The second-order valence-electron chi connectivity index (χ2n) is 6.05. The quantitative estimate of drug-likeness (QED) is 0.878. The van der Waals surface area contributed by atoms with Crippen LogP contribution in [0, 0.1) is 13.8 Å². The average Bonchev–Trinajstić information content (AvgIpc) is 2.44. The summed E-state index contributed by atoms with van der Waals surface area (Å²) >= 11 is 0. The smallest absolute Gasteiger partial charge is 0.120 e. The van der Waals surface area contributed by atoms with Gasteiger partial charge in [-0.3, -0.25) is 4.90 Å². The van der Waals surface area contributed by atoms with Gasteiger partial charge in [0, 0.05) is 24.7 Å². The van der Waals surface area contributed by atoms with Crippen LogP contribution in [-0.2, 0) is 13.1 Å². The van der Waals surface area contributed by atoms with E-state index >= 15 is 0 Å². The number of aryl methyl sites for hydroxylation is 2. The predicted octanol–water partition coefficient (Wildman–Crippen LogP) is 4.42. The third-order valence-electron chi connectivity index (χ3n) is 4.03. The number of rotatable bonds is 5. The monoisotopic (exact) mass is 283 g/mol. The van der Waals surface area contributed by atoms with Crippen molar-refractivity contribution in [2.45, 2.75) is 46.8 Å². The summed E-state index contributed by atoms with van der Waals surface area (Å²) < 4.78 is 0. The van der Waals surface area contributed by atoms with Crippen LogP contribution in [0.15, 0.2) is 42.5 Å². The highest BCUT2D eigenvalue weighted by Gasteiger charge is 2.14. The molecule has 0 radical (unpaired) electrons. The molecule has 2 heteroatoms. The Bertz CT molecular complexity index is 590. The lowest BCUT2D eigenvalue weighted by Gasteiger charge is -2.27. The highest BCUT2D eigenvalue weighted by atomic mass is 16.3. The molecule has 0 saturated carbocycles. The van der Waals surface area contributed by atoms with Gasteiger partial charge in [0.15, 0.2) is 0 Å². The number of aromatic hydroxyl groups is 1. The third-order valence-corrected chi connectivity index (χ3v) is 4.03.